The minimum absolute atomic E-state index is 0.213. The third kappa shape index (κ3) is 3.82. The molecule has 0 spiro atoms. The van der Waals surface area contributed by atoms with Crippen molar-refractivity contribution in [1.29, 1.82) is 0 Å². The topological polar surface area (TPSA) is 53.9 Å². The average Bonchev–Trinajstić information content (AvgIpc) is 2.89. The summed E-state index contributed by atoms with van der Waals surface area (Å²) in [5.41, 5.74) is 0.505. The predicted molar refractivity (Wildman–Crippen MR) is 101 cm³/mol. The lowest BCUT2D eigenvalue weighted by Crippen LogP contribution is -3.09. The van der Waals surface area contributed by atoms with E-state index in [4.69, 9.17) is 11.6 Å². The van der Waals surface area contributed by atoms with Crippen molar-refractivity contribution in [2.75, 3.05) is 13.7 Å². The van der Waals surface area contributed by atoms with Gasteiger partial charge in [-0.05, 0) is 36.2 Å². The highest BCUT2D eigenvalue weighted by molar-refractivity contribution is 6.30. The Morgan fingerprint density at radius 1 is 1.19 bits per heavy atom. The minimum Gasteiger partial charge on any atom is -0.319 e. The number of hydrogen-bond acceptors (Lipinski definition) is 2. The van der Waals surface area contributed by atoms with Crippen LogP contribution in [-0.2, 0) is 16.9 Å². The lowest BCUT2D eigenvalue weighted by molar-refractivity contribution is -0.901. The molecule has 142 valence electrons. The maximum absolute atomic E-state index is 13.1. The number of carbonyl (C=O) groups is 2. The molecule has 27 heavy (non-hydrogen) atoms. The molecule has 0 bridgehead atoms. The standard InChI is InChI=1S/C20H21ClFN3O2/c1-3-20(15-5-4-6-16(21)11-15)18(26)25(19(27)23-20)13-24(2)12-14-7-9-17(22)10-8-14/h4-11H,3,12-13H2,1-2H3,(H,23,27)/p+1/t20-/m1/s1. The van der Waals surface area contributed by atoms with Crippen molar-refractivity contribution >= 4 is 23.5 Å². The number of urea groups is 1. The summed E-state index contributed by atoms with van der Waals surface area (Å²) in [5.74, 6) is -0.574. The first kappa shape index (κ1) is 19.3. The summed E-state index contributed by atoms with van der Waals surface area (Å²) < 4.78 is 13.0. The molecule has 5 nitrogen and oxygen atoms in total. The second kappa shape index (κ2) is 7.66. The van der Waals surface area contributed by atoms with Crippen molar-refractivity contribution in [3.8, 4) is 0 Å². The van der Waals surface area contributed by atoms with Crippen LogP contribution in [0.15, 0.2) is 48.5 Å². The van der Waals surface area contributed by atoms with Crippen LogP contribution < -0.4 is 10.2 Å². The van der Waals surface area contributed by atoms with E-state index in [9.17, 15) is 14.0 Å². The summed E-state index contributed by atoms with van der Waals surface area (Å²) in [6, 6.07) is 12.8. The Balaban J connectivity index is 1.77. The molecule has 0 aromatic heterocycles. The second-order valence-electron chi connectivity index (χ2n) is 6.85. The number of halogens is 2. The van der Waals surface area contributed by atoms with E-state index in [0.29, 0.717) is 23.6 Å². The van der Waals surface area contributed by atoms with E-state index in [-0.39, 0.29) is 18.4 Å². The van der Waals surface area contributed by atoms with Gasteiger partial charge in [0.05, 0.1) is 7.05 Å². The molecule has 1 aliphatic rings. The number of nitrogens with zero attached hydrogens (tertiary/aromatic N) is 1. The van der Waals surface area contributed by atoms with Gasteiger partial charge in [-0.25, -0.2) is 14.1 Å². The van der Waals surface area contributed by atoms with E-state index < -0.39 is 11.6 Å². The molecule has 1 fully saturated rings. The Morgan fingerprint density at radius 2 is 1.89 bits per heavy atom. The molecule has 1 saturated heterocycles. The molecular weight excluding hydrogens is 369 g/mol. The fourth-order valence-electron chi connectivity index (χ4n) is 3.44. The minimum atomic E-state index is -1.10. The van der Waals surface area contributed by atoms with E-state index >= 15 is 0 Å². The molecule has 7 heteroatoms. The van der Waals surface area contributed by atoms with Crippen molar-refractivity contribution < 1.29 is 18.9 Å². The van der Waals surface area contributed by atoms with Gasteiger partial charge < -0.3 is 10.2 Å². The molecule has 0 aliphatic carbocycles. The van der Waals surface area contributed by atoms with Crippen LogP contribution >= 0.6 is 11.6 Å². The zero-order chi connectivity index (χ0) is 19.6. The molecule has 2 N–H and O–H groups in total. The van der Waals surface area contributed by atoms with Crippen LogP contribution in [0.4, 0.5) is 9.18 Å². The maximum Gasteiger partial charge on any atom is 0.329 e. The molecule has 1 heterocycles. The Bertz CT molecular complexity index is 859. The molecular formula is C20H22ClFN3O2+. The fourth-order valence-corrected chi connectivity index (χ4v) is 3.63. The van der Waals surface area contributed by atoms with Gasteiger partial charge in [-0.1, -0.05) is 42.8 Å². The molecule has 0 saturated carbocycles. The van der Waals surface area contributed by atoms with E-state index in [1.165, 1.54) is 17.0 Å². The molecule has 2 aromatic carbocycles. The number of imide groups is 1. The Labute approximate surface area is 162 Å². The van der Waals surface area contributed by atoms with Crippen LogP contribution in [-0.4, -0.2) is 30.6 Å². The number of rotatable bonds is 6. The van der Waals surface area contributed by atoms with Gasteiger partial charge in [0.2, 0.25) is 0 Å². The zero-order valence-electron chi connectivity index (χ0n) is 15.3. The summed E-state index contributed by atoms with van der Waals surface area (Å²) in [5, 5.41) is 3.37. The highest BCUT2D eigenvalue weighted by Gasteiger charge is 2.52. The summed E-state index contributed by atoms with van der Waals surface area (Å²) in [6.07, 6.45) is 0.422. The van der Waals surface area contributed by atoms with Crippen LogP contribution in [0, 0.1) is 5.82 Å². The summed E-state index contributed by atoms with van der Waals surface area (Å²) in [4.78, 5) is 27.9. The molecule has 1 aliphatic heterocycles. The largest absolute Gasteiger partial charge is 0.329 e. The Hall–Kier alpha value is -2.44. The number of nitrogens with one attached hydrogen (secondary N) is 2. The number of hydrogen-bond donors (Lipinski definition) is 2. The third-order valence-corrected chi connectivity index (χ3v) is 5.11. The average molecular weight is 391 g/mol. The SMILES string of the molecule is CC[C@]1(c2cccc(Cl)c2)NC(=O)N(C[NH+](C)Cc2ccc(F)cc2)C1=O. The summed E-state index contributed by atoms with van der Waals surface area (Å²) in [6.45, 7) is 2.63. The monoisotopic (exact) mass is 390 g/mol. The predicted octanol–water partition coefficient (Wildman–Crippen LogP) is 2.31. The molecule has 0 radical (unpaired) electrons. The van der Waals surface area contributed by atoms with Crippen molar-refractivity contribution in [1.82, 2.24) is 10.2 Å². The summed E-state index contributed by atoms with van der Waals surface area (Å²) >= 11 is 6.08. The van der Waals surface area contributed by atoms with E-state index in [2.05, 4.69) is 5.32 Å². The number of amides is 3. The van der Waals surface area contributed by atoms with Gasteiger partial charge in [-0.3, -0.25) is 4.79 Å². The maximum atomic E-state index is 13.1. The lowest BCUT2D eigenvalue weighted by atomic mass is 9.87. The van der Waals surface area contributed by atoms with Crippen molar-refractivity contribution in [2.45, 2.75) is 25.4 Å². The van der Waals surface area contributed by atoms with Gasteiger partial charge in [0.15, 0.2) is 6.67 Å². The highest BCUT2D eigenvalue weighted by atomic mass is 35.5. The second-order valence-corrected chi connectivity index (χ2v) is 7.29. The van der Waals surface area contributed by atoms with E-state index in [1.54, 1.807) is 36.4 Å². The first-order valence-corrected chi connectivity index (χ1v) is 9.19. The van der Waals surface area contributed by atoms with E-state index in [0.717, 1.165) is 10.5 Å². The molecule has 1 unspecified atom stereocenters. The van der Waals surface area contributed by atoms with Gasteiger partial charge >= 0.3 is 6.03 Å². The van der Waals surface area contributed by atoms with Gasteiger partial charge in [0.1, 0.15) is 17.9 Å². The summed E-state index contributed by atoms with van der Waals surface area (Å²) in [7, 11) is 1.88. The van der Waals surface area contributed by atoms with E-state index in [1.807, 2.05) is 14.0 Å². The lowest BCUT2D eigenvalue weighted by Gasteiger charge is -2.26. The first-order valence-electron chi connectivity index (χ1n) is 8.81. The van der Waals surface area contributed by atoms with Crippen molar-refractivity contribution in [2.24, 2.45) is 0 Å². The third-order valence-electron chi connectivity index (χ3n) is 4.87. The van der Waals surface area contributed by atoms with Crippen molar-refractivity contribution in [3.05, 3.63) is 70.5 Å². The normalized spacial score (nSPS) is 20.7. The highest BCUT2D eigenvalue weighted by Crippen LogP contribution is 2.33. The van der Waals surface area contributed by atoms with Crippen LogP contribution in [0.3, 0.4) is 0 Å². The van der Waals surface area contributed by atoms with Crippen LogP contribution in [0.2, 0.25) is 5.02 Å². The molecule has 3 rings (SSSR count). The van der Waals surface area contributed by atoms with Gasteiger partial charge in [-0.15, -0.1) is 0 Å². The van der Waals surface area contributed by atoms with Crippen LogP contribution in [0.1, 0.15) is 24.5 Å². The quantitative estimate of drug-likeness (QED) is 0.744. The number of benzene rings is 2. The van der Waals surface area contributed by atoms with Crippen LogP contribution in [0.5, 0.6) is 0 Å². The fraction of sp³-hybridized carbons (Fsp3) is 0.300. The Morgan fingerprint density at radius 3 is 2.52 bits per heavy atom. The number of quaternary nitrogens is 1. The van der Waals surface area contributed by atoms with Gasteiger partial charge in [0.25, 0.3) is 5.91 Å². The van der Waals surface area contributed by atoms with Crippen molar-refractivity contribution in [3.63, 3.8) is 0 Å². The Kier molecular flexibility index (Phi) is 5.48. The smallest absolute Gasteiger partial charge is 0.319 e. The van der Waals surface area contributed by atoms with Gasteiger partial charge in [-0.2, -0.15) is 0 Å². The number of carbonyl (C=O) groups excluding carboxylic acids is 2. The molecule has 3 amide bonds. The molecule has 2 atom stereocenters. The molecule has 2 aromatic rings. The van der Waals surface area contributed by atoms with Crippen LogP contribution in [0.25, 0.3) is 0 Å². The van der Waals surface area contributed by atoms with Gasteiger partial charge in [0, 0.05) is 10.6 Å². The zero-order valence-corrected chi connectivity index (χ0v) is 16.0. The first-order chi connectivity index (χ1) is 12.9.